The summed E-state index contributed by atoms with van der Waals surface area (Å²) in [7, 11) is 1.65. The molecule has 2 rings (SSSR count). The Labute approximate surface area is 158 Å². The number of nitrogens with zero attached hydrogens (tertiary/aromatic N) is 1. The fraction of sp³-hybridized carbons (Fsp3) is 0.421. The van der Waals surface area contributed by atoms with Gasteiger partial charge in [-0.25, -0.2) is 4.79 Å². The van der Waals surface area contributed by atoms with Crippen LogP contribution in [0.15, 0.2) is 42.5 Å². The summed E-state index contributed by atoms with van der Waals surface area (Å²) < 4.78 is 5.87. The SMILES string of the molecule is COCCN(CCCc1ccccc1)C(=O)NC(C)c1ccc(Cl)s1. The molecular weight excluding hydrogens is 356 g/mol. The number of hydrogen-bond donors (Lipinski definition) is 1. The van der Waals surface area contributed by atoms with E-state index in [-0.39, 0.29) is 12.1 Å². The largest absolute Gasteiger partial charge is 0.383 e. The molecule has 25 heavy (non-hydrogen) atoms. The zero-order valence-electron chi connectivity index (χ0n) is 14.7. The number of methoxy groups -OCH3 is 1. The maximum Gasteiger partial charge on any atom is 0.317 e. The third-order valence-corrected chi connectivity index (χ3v) is 5.36. The van der Waals surface area contributed by atoms with Crippen molar-refractivity contribution < 1.29 is 9.53 Å². The number of amides is 2. The van der Waals surface area contributed by atoms with Crippen molar-refractivity contribution in [1.29, 1.82) is 0 Å². The van der Waals surface area contributed by atoms with E-state index in [0.717, 1.165) is 22.1 Å². The summed E-state index contributed by atoms with van der Waals surface area (Å²) in [4.78, 5) is 15.5. The Kier molecular flexibility index (Phi) is 8.25. The molecule has 0 fully saturated rings. The van der Waals surface area contributed by atoms with Gasteiger partial charge in [0, 0.05) is 25.1 Å². The number of carbonyl (C=O) groups excluding carboxylic acids is 1. The molecule has 1 aromatic heterocycles. The van der Waals surface area contributed by atoms with Gasteiger partial charge >= 0.3 is 6.03 Å². The van der Waals surface area contributed by atoms with Gasteiger partial charge in [-0.2, -0.15) is 0 Å². The van der Waals surface area contributed by atoms with Gasteiger partial charge < -0.3 is 15.0 Å². The van der Waals surface area contributed by atoms with Gasteiger partial charge in [-0.1, -0.05) is 41.9 Å². The van der Waals surface area contributed by atoms with E-state index in [1.54, 1.807) is 7.11 Å². The number of rotatable bonds is 9. The first-order chi connectivity index (χ1) is 12.1. The van der Waals surface area contributed by atoms with Crippen molar-refractivity contribution in [3.8, 4) is 0 Å². The highest BCUT2D eigenvalue weighted by molar-refractivity contribution is 7.16. The maximum atomic E-state index is 12.6. The summed E-state index contributed by atoms with van der Waals surface area (Å²) in [5, 5.41) is 3.05. The maximum absolute atomic E-state index is 12.6. The fourth-order valence-corrected chi connectivity index (χ4v) is 3.61. The van der Waals surface area contributed by atoms with Crippen LogP contribution in [0.5, 0.6) is 0 Å². The number of ether oxygens (including phenoxy) is 1. The first-order valence-electron chi connectivity index (χ1n) is 8.43. The Morgan fingerprint density at radius 3 is 2.64 bits per heavy atom. The summed E-state index contributed by atoms with van der Waals surface area (Å²) in [5.41, 5.74) is 1.29. The second kappa shape index (κ2) is 10.4. The quantitative estimate of drug-likeness (QED) is 0.681. The molecule has 0 saturated carbocycles. The Bertz CT molecular complexity index is 648. The van der Waals surface area contributed by atoms with Gasteiger partial charge in [-0.15, -0.1) is 11.3 Å². The number of thiophene rings is 1. The van der Waals surface area contributed by atoms with Gasteiger partial charge in [0.2, 0.25) is 0 Å². The minimum atomic E-state index is -0.0675. The number of hydrogen-bond acceptors (Lipinski definition) is 3. The molecule has 1 atom stereocenters. The van der Waals surface area contributed by atoms with Crippen LogP contribution in [0.2, 0.25) is 4.34 Å². The molecular formula is C19H25ClN2O2S. The average Bonchev–Trinajstić information content (AvgIpc) is 3.05. The zero-order valence-corrected chi connectivity index (χ0v) is 16.3. The van der Waals surface area contributed by atoms with Crippen molar-refractivity contribution in [1.82, 2.24) is 10.2 Å². The number of nitrogens with one attached hydrogen (secondary N) is 1. The Balaban J connectivity index is 1.87. The van der Waals surface area contributed by atoms with Gasteiger partial charge in [-0.3, -0.25) is 0 Å². The molecule has 1 unspecified atom stereocenters. The third kappa shape index (κ3) is 6.69. The van der Waals surface area contributed by atoms with E-state index in [4.69, 9.17) is 16.3 Å². The number of aryl methyl sites for hydroxylation is 1. The van der Waals surface area contributed by atoms with Crippen LogP contribution in [0.3, 0.4) is 0 Å². The lowest BCUT2D eigenvalue weighted by Crippen LogP contribution is -2.43. The van der Waals surface area contributed by atoms with Crippen molar-refractivity contribution in [2.24, 2.45) is 0 Å². The molecule has 0 radical (unpaired) electrons. The first-order valence-corrected chi connectivity index (χ1v) is 9.63. The molecule has 0 aliphatic rings. The monoisotopic (exact) mass is 380 g/mol. The molecule has 1 heterocycles. The predicted molar refractivity (Wildman–Crippen MR) is 104 cm³/mol. The standard InChI is InChI=1S/C19H25ClN2O2S/c1-15(17-10-11-18(20)25-17)21-19(23)22(13-14-24-2)12-6-9-16-7-4-3-5-8-16/h3-5,7-8,10-11,15H,6,9,12-14H2,1-2H3,(H,21,23). The van der Waals surface area contributed by atoms with Crippen molar-refractivity contribution in [2.45, 2.75) is 25.8 Å². The highest BCUT2D eigenvalue weighted by Crippen LogP contribution is 2.26. The number of urea groups is 1. The van der Waals surface area contributed by atoms with Crippen molar-refractivity contribution >= 4 is 29.0 Å². The van der Waals surface area contributed by atoms with Crippen LogP contribution in [0.4, 0.5) is 4.79 Å². The molecule has 2 amide bonds. The van der Waals surface area contributed by atoms with Gasteiger partial charge in [-0.05, 0) is 37.5 Å². The molecule has 0 bridgehead atoms. The Hall–Kier alpha value is -1.56. The van der Waals surface area contributed by atoms with E-state index in [0.29, 0.717) is 19.7 Å². The molecule has 6 heteroatoms. The smallest absolute Gasteiger partial charge is 0.317 e. The van der Waals surface area contributed by atoms with Gasteiger partial charge in [0.05, 0.1) is 17.0 Å². The van der Waals surface area contributed by atoms with E-state index in [1.165, 1.54) is 16.9 Å². The molecule has 0 spiro atoms. The highest BCUT2D eigenvalue weighted by Gasteiger charge is 2.17. The molecule has 2 aromatic rings. The number of halogens is 1. The van der Waals surface area contributed by atoms with E-state index in [1.807, 2.05) is 42.2 Å². The lowest BCUT2D eigenvalue weighted by Gasteiger charge is -2.25. The van der Waals surface area contributed by atoms with Crippen LogP contribution in [-0.2, 0) is 11.2 Å². The Morgan fingerprint density at radius 2 is 2.00 bits per heavy atom. The van der Waals surface area contributed by atoms with Crippen molar-refractivity contribution in [3.05, 3.63) is 57.2 Å². The first kappa shape index (κ1) is 19.8. The number of carbonyl (C=O) groups is 1. The van der Waals surface area contributed by atoms with Crippen LogP contribution in [0.25, 0.3) is 0 Å². The van der Waals surface area contributed by atoms with E-state index in [2.05, 4.69) is 17.4 Å². The highest BCUT2D eigenvalue weighted by atomic mass is 35.5. The summed E-state index contributed by atoms with van der Waals surface area (Å²) in [6.45, 7) is 3.77. The van der Waals surface area contributed by atoms with Gasteiger partial charge in [0.1, 0.15) is 0 Å². The topological polar surface area (TPSA) is 41.6 Å². The van der Waals surface area contributed by atoms with E-state index >= 15 is 0 Å². The summed E-state index contributed by atoms with van der Waals surface area (Å²) in [6.07, 6.45) is 1.87. The molecule has 136 valence electrons. The second-order valence-electron chi connectivity index (χ2n) is 5.88. The average molecular weight is 381 g/mol. The molecule has 0 saturated heterocycles. The number of benzene rings is 1. The van der Waals surface area contributed by atoms with Crippen LogP contribution < -0.4 is 5.32 Å². The van der Waals surface area contributed by atoms with Crippen LogP contribution in [0, 0.1) is 0 Å². The lowest BCUT2D eigenvalue weighted by atomic mass is 10.1. The lowest BCUT2D eigenvalue weighted by molar-refractivity contribution is 0.147. The summed E-state index contributed by atoms with van der Waals surface area (Å²) in [5.74, 6) is 0. The molecule has 4 nitrogen and oxygen atoms in total. The van der Waals surface area contributed by atoms with Crippen LogP contribution >= 0.6 is 22.9 Å². The van der Waals surface area contributed by atoms with Gasteiger partial charge in [0.15, 0.2) is 0 Å². The van der Waals surface area contributed by atoms with Crippen molar-refractivity contribution in [2.75, 3.05) is 26.8 Å². The minimum absolute atomic E-state index is 0.0656. The molecule has 0 aliphatic carbocycles. The van der Waals surface area contributed by atoms with Gasteiger partial charge in [0.25, 0.3) is 0 Å². The van der Waals surface area contributed by atoms with E-state index < -0.39 is 0 Å². The second-order valence-corrected chi connectivity index (χ2v) is 7.63. The molecule has 0 aliphatic heterocycles. The normalized spacial score (nSPS) is 12.0. The summed E-state index contributed by atoms with van der Waals surface area (Å²) in [6, 6.07) is 14.0. The third-order valence-electron chi connectivity index (χ3n) is 3.95. The molecule has 1 aromatic carbocycles. The predicted octanol–water partition coefficient (Wildman–Crippen LogP) is 4.75. The van der Waals surface area contributed by atoms with E-state index in [9.17, 15) is 4.79 Å². The van der Waals surface area contributed by atoms with Crippen LogP contribution in [-0.4, -0.2) is 37.7 Å². The molecule has 1 N–H and O–H groups in total. The fourth-order valence-electron chi connectivity index (χ4n) is 2.54. The minimum Gasteiger partial charge on any atom is -0.383 e. The summed E-state index contributed by atoms with van der Waals surface area (Å²) >= 11 is 7.47. The van der Waals surface area contributed by atoms with Crippen LogP contribution in [0.1, 0.15) is 29.8 Å². The Morgan fingerprint density at radius 1 is 1.24 bits per heavy atom. The van der Waals surface area contributed by atoms with Crippen molar-refractivity contribution in [3.63, 3.8) is 0 Å². The zero-order chi connectivity index (χ0) is 18.1.